The van der Waals surface area contributed by atoms with E-state index in [4.69, 9.17) is 0 Å². The van der Waals surface area contributed by atoms with Gasteiger partial charge in [0.15, 0.2) is 0 Å². The van der Waals surface area contributed by atoms with E-state index >= 15 is 0 Å². The van der Waals surface area contributed by atoms with Gasteiger partial charge in [-0.25, -0.2) is 17.5 Å². The van der Waals surface area contributed by atoms with Crippen molar-refractivity contribution in [3.8, 4) is 0 Å². The first-order valence-corrected chi connectivity index (χ1v) is 5.55. The molecule has 12 heavy (non-hydrogen) atoms. The Hall–Kier alpha value is -0.200. The van der Waals surface area contributed by atoms with Gasteiger partial charge in [-0.3, -0.25) is 0 Å². The molecule has 1 rings (SSSR count). The van der Waals surface area contributed by atoms with Crippen molar-refractivity contribution in [3.05, 3.63) is 0 Å². The highest BCUT2D eigenvalue weighted by Gasteiger charge is 2.30. The Morgan fingerprint density at radius 2 is 2.33 bits per heavy atom. The summed E-state index contributed by atoms with van der Waals surface area (Å²) in [6, 6.07) is -0.341. The Kier molecular flexibility index (Phi) is 3.03. The van der Waals surface area contributed by atoms with Gasteiger partial charge in [-0.05, 0) is 6.92 Å². The van der Waals surface area contributed by atoms with Crippen LogP contribution in [-0.4, -0.2) is 39.5 Å². The maximum atomic E-state index is 12.6. The van der Waals surface area contributed by atoms with E-state index in [2.05, 4.69) is 10.0 Å². The summed E-state index contributed by atoms with van der Waals surface area (Å²) in [7, 11) is -3.17. The number of hydrogen-bond acceptors (Lipinski definition) is 3. The van der Waals surface area contributed by atoms with Crippen molar-refractivity contribution < 1.29 is 12.8 Å². The molecular weight excluding hydrogens is 183 g/mol. The number of alkyl halides is 1. The lowest BCUT2D eigenvalue weighted by Gasteiger charge is -2.31. The summed E-state index contributed by atoms with van der Waals surface area (Å²) in [6.45, 7) is 2.03. The molecule has 2 N–H and O–H groups in total. The highest BCUT2D eigenvalue weighted by atomic mass is 32.2. The van der Waals surface area contributed by atoms with E-state index in [1.54, 1.807) is 6.92 Å². The largest absolute Gasteiger partial charge is 0.307 e. The molecular formula is C6H13FN2O2S. The van der Waals surface area contributed by atoms with Gasteiger partial charge >= 0.3 is 0 Å². The highest BCUT2D eigenvalue weighted by Crippen LogP contribution is 2.06. The van der Waals surface area contributed by atoms with E-state index in [0.717, 1.165) is 0 Å². The van der Waals surface area contributed by atoms with Crippen LogP contribution < -0.4 is 10.0 Å². The molecule has 0 aromatic carbocycles. The van der Waals surface area contributed by atoms with Crippen molar-refractivity contribution in [2.75, 3.05) is 18.8 Å². The molecule has 2 atom stereocenters. The van der Waals surface area contributed by atoms with Crippen LogP contribution in [0.5, 0.6) is 0 Å². The second-order valence-corrected chi connectivity index (χ2v) is 4.88. The number of rotatable bonds is 4. The van der Waals surface area contributed by atoms with Crippen molar-refractivity contribution in [1.29, 1.82) is 0 Å². The third-order valence-corrected chi connectivity index (χ3v) is 3.28. The smallest absolute Gasteiger partial charge is 0.211 e. The number of sulfonamides is 1. The highest BCUT2D eigenvalue weighted by molar-refractivity contribution is 7.89. The molecule has 0 aliphatic carbocycles. The monoisotopic (exact) mass is 196 g/mol. The predicted octanol–water partition coefficient (Wildman–Crippen LogP) is -0.764. The molecule has 1 heterocycles. The van der Waals surface area contributed by atoms with Crippen LogP contribution in [0.2, 0.25) is 0 Å². The number of nitrogens with one attached hydrogen (secondary N) is 2. The minimum absolute atomic E-state index is 0.0384. The van der Waals surface area contributed by atoms with E-state index in [0.29, 0.717) is 6.54 Å². The molecule has 72 valence electrons. The molecule has 0 saturated carbocycles. The molecule has 1 fully saturated rings. The topological polar surface area (TPSA) is 58.2 Å². The first kappa shape index (κ1) is 9.88. The maximum absolute atomic E-state index is 12.6. The van der Waals surface area contributed by atoms with Crippen molar-refractivity contribution in [2.45, 2.75) is 19.1 Å². The normalized spacial score (nSPS) is 29.8. The van der Waals surface area contributed by atoms with Crippen LogP contribution in [0.1, 0.15) is 6.92 Å². The van der Waals surface area contributed by atoms with Crippen molar-refractivity contribution in [2.24, 2.45) is 0 Å². The fraction of sp³-hybridized carbons (Fsp3) is 1.00. The summed E-state index contributed by atoms with van der Waals surface area (Å²) >= 11 is 0. The molecule has 0 aromatic rings. The van der Waals surface area contributed by atoms with Crippen LogP contribution in [-0.2, 0) is 10.0 Å². The van der Waals surface area contributed by atoms with E-state index in [1.807, 2.05) is 0 Å². The second kappa shape index (κ2) is 3.68. The van der Waals surface area contributed by atoms with Gasteiger partial charge in [0.05, 0.1) is 11.8 Å². The molecule has 0 spiro atoms. The summed E-state index contributed by atoms with van der Waals surface area (Å²) in [5, 5.41) is 2.79. The minimum Gasteiger partial charge on any atom is -0.307 e. The van der Waals surface area contributed by atoms with Gasteiger partial charge in [0.2, 0.25) is 10.0 Å². The third kappa shape index (κ3) is 2.40. The molecule has 4 nitrogen and oxygen atoms in total. The Morgan fingerprint density at radius 3 is 2.67 bits per heavy atom. The Bertz CT molecular complexity index is 242. The second-order valence-electron chi connectivity index (χ2n) is 2.78. The van der Waals surface area contributed by atoms with Crippen LogP contribution in [0.3, 0.4) is 0 Å². The fourth-order valence-corrected chi connectivity index (χ4v) is 1.53. The van der Waals surface area contributed by atoms with Gasteiger partial charge in [0.1, 0.15) is 6.17 Å². The molecule has 1 saturated heterocycles. The number of halogens is 1. The molecule has 6 heteroatoms. The van der Waals surface area contributed by atoms with Gasteiger partial charge in [0.25, 0.3) is 0 Å². The van der Waals surface area contributed by atoms with E-state index in [1.165, 1.54) is 0 Å². The average molecular weight is 196 g/mol. The number of hydrogen-bond donors (Lipinski definition) is 2. The quantitative estimate of drug-likeness (QED) is 0.621. The maximum Gasteiger partial charge on any atom is 0.211 e. The lowest BCUT2D eigenvalue weighted by atomic mass is 10.1. The zero-order chi connectivity index (χ0) is 9.19. The zero-order valence-corrected chi connectivity index (χ0v) is 7.70. The zero-order valence-electron chi connectivity index (χ0n) is 6.88. The van der Waals surface area contributed by atoms with Crippen LogP contribution in [0.15, 0.2) is 0 Å². The Labute approximate surface area is 71.6 Å². The molecule has 1 aliphatic rings. The molecule has 0 bridgehead atoms. The SMILES string of the molecule is CCS(=O)(=O)NC[C@H]1NC[C@H]1F. The summed E-state index contributed by atoms with van der Waals surface area (Å²) in [6.07, 6.45) is -0.912. The van der Waals surface area contributed by atoms with Crippen molar-refractivity contribution in [1.82, 2.24) is 10.0 Å². The van der Waals surface area contributed by atoms with Gasteiger partial charge < -0.3 is 5.32 Å². The van der Waals surface area contributed by atoms with E-state index < -0.39 is 16.2 Å². The van der Waals surface area contributed by atoms with Gasteiger partial charge in [0, 0.05) is 13.1 Å². The van der Waals surface area contributed by atoms with Crippen LogP contribution in [0.25, 0.3) is 0 Å². The van der Waals surface area contributed by atoms with E-state index in [-0.39, 0.29) is 18.3 Å². The Morgan fingerprint density at radius 1 is 1.67 bits per heavy atom. The first-order valence-electron chi connectivity index (χ1n) is 3.90. The lowest BCUT2D eigenvalue weighted by Crippen LogP contribution is -2.59. The fourth-order valence-electron chi connectivity index (χ4n) is 0.892. The van der Waals surface area contributed by atoms with Gasteiger partial charge in [-0.2, -0.15) is 0 Å². The molecule has 0 amide bonds. The minimum atomic E-state index is -3.17. The van der Waals surface area contributed by atoms with Crippen molar-refractivity contribution in [3.63, 3.8) is 0 Å². The predicted molar refractivity (Wildman–Crippen MR) is 44.2 cm³/mol. The molecule has 0 aromatic heterocycles. The summed E-state index contributed by atoms with van der Waals surface area (Å²) in [5.41, 5.74) is 0. The van der Waals surface area contributed by atoms with Gasteiger partial charge in [-0.15, -0.1) is 0 Å². The van der Waals surface area contributed by atoms with Crippen molar-refractivity contribution >= 4 is 10.0 Å². The van der Waals surface area contributed by atoms with Crippen LogP contribution in [0.4, 0.5) is 4.39 Å². The summed E-state index contributed by atoms with van der Waals surface area (Å²) in [5.74, 6) is 0.0384. The molecule has 1 aliphatic heterocycles. The first-order chi connectivity index (χ1) is 5.55. The summed E-state index contributed by atoms with van der Waals surface area (Å²) in [4.78, 5) is 0. The Balaban J connectivity index is 2.26. The van der Waals surface area contributed by atoms with Gasteiger partial charge in [-0.1, -0.05) is 0 Å². The standard InChI is InChI=1S/C6H13FN2O2S/c1-2-12(10,11)9-4-6-5(7)3-8-6/h5-6,8-9H,2-4H2,1H3/t5-,6-/m1/s1. The lowest BCUT2D eigenvalue weighted by molar-refractivity contribution is 0.160. The van der Waals surface area contributed by atoms with Crippen LogP contribution >= 0.6 is 0 Å². The average Bonchev–Trinajstić information content (AvgIpc) is 2.02. The molecule has 0 unspecified atom stereocenters. The molecule has 0 radical (unpaired) electrons. The van der Waals surface area contributed by atoms with Crippen LogP contribution in [0, 0.1) is 0 Å². The summed E-state index contributed by atoms with van der Waals surface area (Å²) < 4.78 is 36.7. The van der Waals surface area contributed by atoms with E-state index in [9.17, 15) is 12.8 Å². The third-order valence-electron chi connectivity index (χ3n) is 1.91.